The number of rotatable bonds is 4. The van der Waals surface area contributed by atoms with E-state index < -0.39 is 29.2 Å². The SMILES string of the molecule is COC(=O)C(C)(C)CC(=O)ON1C(=O)CCC1=O. The van der Waals surface area contributed by atoms with Crippen LogP contribution < -0.4 is 0 Å². The maximum absolute atomic E-state index is 11.6. The first-order valence-corrected chi connectivity index (χ1v) is 5.43. The summed E-state index contributed by atoms with van der Waals surface area (Å²) >= 11 is 0. The van der Waals surface area contributed by atoms with Gasteiger partial charge in [0.1, 0.15) is 0 Å². The van der Waals surface area contributed by atoms with Gasteiger partial charge in [0.25, 0.3) is 11.8 Å². The molecule has 1 rings (SSSR count). The molecule has 7 heteroatoms. The van der Waals surface area contributed by atoms with Gasteiger partial charge in [-0.1, -0.05) is 0 Å². The Morgan fingerprint density at radius 1 is 1.22 bits per heavy atom. The van der Waals surface area contributed by atoms with E-state index in [0.29, 0.717) is 5.06 Å². The highest BCUT2D eigenvalue weighted by atomic mass is 16.7. The molecule has 1 aliphatic rings. The average Bonchev–Trinajstić information content (AvgIpc) is 2.58. The van der Waals surface area contributed by atoms with Crippen molar-refractivity contribution in [2.75, 3.05) is 7.11 Å². The van der Waals surface area contributed by atoms with Crippen LogP contribution in [-0.4, -0.2) is 35.9 Å². The summed E-state index contributed by atoms with van der Waals surface area (Å²) in [6.45, 7) is 3.02. The molecule has 0 aliphatic carbocycles. The molecular formula is C11H15NO6. The third-order valence-corrected chi connectivity index (χ3v) is 2.52. The zero-order valence-corrected chi connectivity index (χ0v) is 10.5. The molecule has 100 valence electrons. The lowest BCUT2D eigenvalue weighted by Crippen LogP contribution is -2.35. The second kappa shape index (κ2) is 5.16. The van der Waals surface area contributed by atoms with Crippen LogP contribution in [0.25, 0.3) is 0 Å². The molecule has 0 radical (unpaired) electrons. The number of hydrogen-bond donors (Lipinski definition) is 0. The number of nitrogens with zero attached hydrogens (tertiary/aromatic N) is 1. The van der Waals surface area contributed by atoms with Crippen molar-refractivity contribution in [3.8, 4) is 0 Å². The van der Waals surface area contributed by atoms with Gasteiger partial charge in [0.15, 0.2) is 0 Å². The Morgan fingerprint density at radius 2 is 1.72 bits per heavy atom. The van der Waals surface area contributed by atoms with E-state index in [0.717, 1.165) is 0 Å². The summed E-state index contributed by atoms with van der Waals surface area (Å²) in [7, 11) is 1.21. The summed E-state index contributed by atoms with van der Waals surface area (Å²) < 4.78 is 4.53. The summed E-state index contributed by atoms with van der Waals surface area (Å²) in [5, 5.41) is 0.454. The number of imide groups is 1. The van der Waals surface area contributed by atoms with Crippen molar-refractivity contribution >= 4 is 23.8 Å². The fourth-order valence-electron chi connectivity index (χ4n) is 1.50. The van der Waals surface area contributed by atoms with E-state index in [1.807, 2.05) is 0 Å². The highest BCUT2D eigenvalue weighted by molar-refractivity contribution is 6.01. The lowest BCUT2D eigenvalue weighted by Gasteiger charge is -2.21. The number of methoxy groups -OCH3 is 1. The highest BCUT2D eigenvalue weighted by Crippen LogP contribution is 2.23. The number of carbonyl (C=O) groups is 4. The van der Waals surface area contributed by atoms with Gasteiger partial charge in [0.2, 0.25) is 0 Å². The normalized spacial score (nSPS) is 15.8. The van der Waals surface area contributed by atoms with Crippen molar-refractivity contribution in [1.29, 1.82) is 0 Å². The van der Waals surface area contributed by atoms with Crippen molar-refractivity contribution in [3.63, 3.8) is 0 Å². The summed E-state index contributed by atoms with van der Waals surface area (Å²) in [4.78, 5) is 50.0. The zero-order chi connectivity index (χ0) is 13.9. The lowest BCUT2D eigenvalue weighted by molar-refractivity contribution is -0.199. The van der Waals surface area contributed by atoms with Crippen LogP contribution in [0.1, 0.15) is 33.1 Å². The Balaban J connectivity index is 2.59. The smallest absolute Gasteiger partial charge is 0.334 e. The second-order valence-corrected chi connectivity index (χ2v) is 4.60. The molecule has 2 amide bonds. The minimum atomic E-state index is -1.07. The van der Waals surface area contributed by atoms with Gasteiger partial charge in [-0.3, -0.25) is 14.4 Å². The van der Waals surface area contributed by atoms with Crippen LogP contribution in [0.15, 0.2) is 0 Å². The summed E-state index contributed by atoms with van der Waals surface area (Å²) in [5.74, 6) is -2.50. The number of carbonyl (C=O) groups excluding carboxylic acids is 4. The topological polar surface area (TPSA) is 90.0 Å². The molecule has 0 bridgehead atoms. The van der Waals surface area contributed by atoms with Gasteiger partial charge in [-0.15, -0.1) is 5.06 Å². The minimum absolute atomic E-state index is 0.0342. The van der Waals surface area contributed by atoms with Crippen LogP contribution >= 0.6 is 0 Å². The Hall–Kier alpha value is -1.92. The summed E-state index contributed by atoms with van der Waals surface area (Å²) in [6, 6.07) is 0. The lowest BCUT2D eigenvalue weighted by atomic mass is 9.90. The van der Waals surface area contributed by atoms with E-state index in [2.05, 4.69) is 9.57 Å². The van der Waals surface area contributed by atoms with Crippen molar-refractivity contribution in [2.45, 2.75) is 33.1 Å². The predicted molar refractivity (Wildman–Crippen MR) is 57.6 cm³/mol. The number of amides is 2. The summed E-state index contributed by atoms with van der Waals surface area (Å²) in [6.07, 6.45) is -0.213. The molecule has 0 atom stereocenters. The number of ether oxygens (including phenoxy) is 1. The third-order valence-electron chi connectivity index (χ3n) is 2.52. The van der Waals surface area contributed by atoms with E-state index in [9.17, 15) is 19.2 Å². The molecule has 1 heterocycles. The van der Waals surface area contributed by atoms with Crippen molar-refractivity contribution in [2.24, 2.45) is 5.41 Å². The van der Waals surface area contributed by atoms with Crippen LogP contribution in [0, 0.1) is 5.41 Å². The van der Waals surface area contributed by atoms with Gasteiger partial charge >= 0.3 is 11.9 Å². The minimum Gasteiger partial charge on any atom is -0.469 e. The van der Waals surface area contributed by atoms with Crippen LogP contribution in [0.2, 0.25) is 0 Å². The number of hydroxylamine groups is 2. The Labute approximate surface area is 104 Å². The molecular weight excluding hydrogens is 242 g/mol. The Bertz CT molecular complexity index is 384. The average molecular weight is 257 g/mol. The standard InChI is InChI=1S/C11H15NO6/c1-11(2,10(16)17-3)6-9(15)18-12-7(13)4-5-8(12)14/h4-6H2,1-3H3. The molecule has 0 N–H and O–H groups in total. The molecule has 7 nitrogen and oxygen atoms in total. The van der Waals surface area contributed by atoms with Crippen LogP contribution in [0.4, 0.5) is 0 Å². The molecule has 0 unspecified atom stereocenters. The van der Waals surface area contributed by atoms with Crippen molar-refractivity contribution in [3.05, 3.63) is 0 Å². The first-order chi connectivity index (χ1) is 8.27. The van der Waals surface area contributed by atoms with E-state index in [-0.39, 0.29) is 19.3 Å². The molecule has 1 aliphatic heterocycles. The number of hydrogen-bond acceptors (Lipinski definition) is 6. The fraction of sp³-hybridized carbons (Fsp3) is 0.636. The third kappa shape index (κ3) is 3.06. The van der Waals surface area contributed by atoms with Crippen LogP contribution in [0.5, 0.6) is 0 Å². The van der Waals surface area contributed by atoms with Gasteiger partial charge in [-0.05, 0) is 13.8 Å². The molecule has 18 heavy (non-hydrogen) atoms. The molecule has 1 fully saturated rings. The van der Waals surface area contributed by atoms with E-state index in [1.165, 1.54) is 21.0 Å². The molecule has 1 saturated heterocycles. The molecule has 0 spiro atoms. The largest absolute Gasteiger partial charge is 0.469 e. The van der Waals surface area contributed by atoms with Gasteiger partial charge in [0, 0.05) is 12.8 Å². The van der Waals surface area contributed by atoms with E-state index >= 15 is 0 Å². The maximum atomic E-state index is 11.6. The molecule has 0 saturated carbocycles. The van der Waals surface area contributed by atoms with Gasteiger partial charge < -0.3 is 9.57 Å². The fourth-order valence-corrected chi connectivity index (χ4v) is 1.50. The van der Waals surface area contributed by atoms with Crippen molar-refractivity contribution < 1.29 is 28.8 Å². The molecule has 0 aromatic rings. The summed E-state index contributed by atoms with van der Waals surface area (Å²) in [5.41, 5.74) is -1.07. The highest BCUT2D eigenvalue weighted by Gasteiger charge is 2.37. The van der Waals surface area contributed by atoms with Gasteiger partial charge in [-0.2, -0.15) is 0 Å². The first-order valence-electron chi connectivity index (χ1n) is 5.43. The quantitative estimate of drug-likeness (QED) is 0.527. The Kier molecular flexibility index (Phi) is 4.05. The van der Waals surface area contributed by atoms with Gasteiger partial charge in [-0.25, -0.2) is 4.79 Å². The van der Waals surface area contributed by atoms with E-state index in [4.69, 9.17) is 0 Å². The van der Waals surface area contributed by atoms with E-state index in [1.54, 1.807) is 0 Å². The maximum Gasteiger partial charge on any atom is 0.334 e. The van der Waals surface area contributed by atoms with Crippen molar-refractivity contribution in [1.82, 2.24) is 5.06 Å². The Morgan fingerprint density at radius 3 is 2.17 bits per heavy atom. The van der Waals surface area contributed by atoms with Crippen LogP contribution in [-0.2, 0) is 28.8 Å². The number of esters is 1. The van der Waals surface area contributed by atoms with Crippen LogP contribution in [0.3, 0.4) is 0 Å². The second-order valence-electron chi connectivity index (χ2n) is 4.60. The first kappa shape index (κ1) is 14.1. The zero-order valence-electron chi connectivity index (χ0n) is 10.5. The molecule has 0 aromatic carbocycles. The monoisotopic (exact) mass is 257 g/mol. The molecule has 0 aromatic heterocycles. The predicted octanol–water partition coefficient (Wildman–Crippen LogP) is 0.183. The van der Waals surface area contributed by atoms with Gasteiger partial charge in [0.05, 0.1) is 18.9 Å².